The van der Waals surface area contributed by atoms with E-state index in [0.717, 1.165) is 0 Å². The van der Waals surface area contributed by atoms with Crippen LogP contribution in [-0.2, 0) is 9.53 Å². The molecule has 22 heavy (non-hydrogen) atoms. The van der Waals surface area contributed by atoms with Crippen LogP contribution >= 0.6 is 28.3 Å². The van der Waals surface area contributed by atoms with Gasteiger partial charge in [0.2, 0.25) is 0 Å². The Balaban J connectivity index is 0.00000441. The molecule has 0 fully saturated rings. The molecule has 0 unspecified atom stereocenters. The zero-order valence-corrected chi connectivity index (χ0v) is 14.6. The van der Waals surface area contributed by atoms with E-state index in [9.17, 15) is 13.6 Å². The Morgan fingerprint density at radius 2 is 1.82 bits per heavy atom. The molecule has 0 saturated carbocycles. The molecule has 0 aromatic heterocycles. The highest BCUT2D eigenvalue weighted by Gasteiger charge is 2.48. The van der Waals surface area contributed by atoms with E-state index in [4.69, 9.17) is 15.2 Å². The Hall–Kier alpha value is -1.12. The molecule has 0 saturated heterocycles. The highest BCUT2D eigenvalue weighted by molar-refractivity contribution is 9.10. The standard InChI is InChI=1S/C13H16BrF2NO4.ClH/c1-4-21-12(18)13(15,16)11(17)7-5-9(19-2)10(20-3)6-8(7)14;/h5-6,11H,4,17H2,1-3H3;1H/t11-;/m0./s1. The lowest BCUT2D eigenvalue weighted by atomic mass is 10.0. The van der Waals surface area contributed by atoms with Gasteiger partial charge in [0.15, 0.2) is 11.5 Å². The van der Waals surface area contributed by atoms with E-state index in [-0.39, 0.29) is 34.8 Å². The van der Waals surface area contributed by atoms with Gasteiger partial charge in [0, 0.05) is 4.47 Å². The van der Waals surface area contributed by atoms with Gasteiger partial charge >= 0.3 is 11.9 Å². The first-order chi connectivity index (χ1) is 9.79. The number of alkyl halides is 2. The first-order valence-corrected chi connectivity index (χ1v) is 6.80. The fraction of sp³-hybridized carbons (Fsp3) is 0.462. The van der Waals surface area contributed by atoms with E-state index in [1.807, 2.05) is 0 Å². The van der Waals surface area contributed by atoms with Crippen LogP contribution in [0.15, 0.2) is 16.6 Å². The van der Waals surface area contributed by atoms with Crippen molar-refractivity contribution in [3.63, 3.8) is 0 Å². The van der Waals surface area contributed by atoms with Crippen LogP contribution in [0.2, 0.25) is 0 Å². The van der Waals surface area contributed by atoms with Crippen molar-refractivity contribution in [1.82, 2.24) is 0 Å². The van der Waals surface area contributed by atoms with Gasteiger partial charge in [0.25, 0.3) is 0 Å². The summed E-state index contributed by atoms with van der Waals surface area (Å²) < 4.78 is 42.7. The molecule has 0 amide bonds. The van der Waals surface area contributed by atoms with E-state index >= 15 is 0 Å². The van der Waals surface area contributed by atoms with Crippen molar-refractivity contribution in [2.24, 2.45) is 5.73 Å². The zero-order valence-electron chi connectivity index (χ0n) is 12.2. The van der Waals surface area contributed by atoms with Gasteiger partial charge in [-0.1, -0.05) is 15.9 Å². The fourth-order valence-corrected chi connectivity index (χ4v) is 2.23. The number of methoxy groups -OCH3 is 2. The largest absolute Gasteiger partial charge is 0.493 e. The van der Waals surface area contributed by atoms with E-state index < -0.39 is 17.9 Å². The van der Waals surface area contributed by atoms with Crippen LogP contribution in [0, 0.1) is 0 Å². The van der Waals surface area contributed by atoms with Crippen LogP contribution in [0.3, 0.4) is 0 Å². The molecule has 0 radical (unpaired) electrons. The topological polar surface area (TPSA) is 70.8 Å². The molecular formula is C13H17BrClF2NO4. The molecule has 1 rings (SSSR count). The molecule has 9 heteroatoms. The molecule has 0 aliphatic carbocycles. The van der Waals surface area contributed by atoms with E-state index in [1.54, 1.807) is 0 Å². The van der Waals surface area contributed by atoms with E-state index in [2.05, 4.69) is 20.7 Å². The minimum atomic E-state index is -3.86. The Morgan fingerprint density at radius 1 is 1.32 bits per heavy atom. The van der Waals surface area contributed by atoms with Gasteiger partial charge in [-0.05, 0) is 24.6 Å². The minimum Gasteiger partial charge on any atom is -0.493 e. The van der Waals surface area contributed by atoms with Crippen LogP contribution in [0.25, 0.3) is 0 Å². The van der Waals surface area contributed by atoms with Crippen molar-refractivity contribution in [3.05, 3.63) is 22.2 Å². The maximum atomic E-state index is 14.0. The van der Waals surface area contributed by atoms with Crippen molar-refractivity contribution in [2.75, 3.05) is 20.8 Å². The first-order valence-electron chi connectivity index (χ1n) is 6.01. The number of hydrogen-bond donors (Lipinski definition) is 1. The summed E-state index contributed by atoms with van der Waals surface area (Å²) in [6, 6.07) is 0.849. The molecular weight excluding hydrogens is 387 g/mol. The van der Waals surface area contributed by atoms with Gasteiger partial charge in [-0.25, -0.2) is 4.79 Å². The van der Waals surface area contributed by atoms with Gasteiger partial charge in [-0.2, -0.15) is 8.78 Å². The smallest absolute Gasteiger partial charge is 0.379 e. The third kappa shape index (κ3) is 4.21. The van der Waals surface area contributed by atoms with Gasteiger partial charge in [-0.3, -0.25) is 0 Å². The maximum Gasteiger partial charge on any atom is 0.379 e. The fourth-order valence-electron chi connectivity index (χ4n) is 1.66. The van der Waals surface area contributed by atoms with Crippen LogP contribution in [0.1, 0.15) is 18.5 Å². The maximum absolute atomic E-state index is 14.0. The summed E-state index contributed by atoms with van der Waals surface area (Å²) in [5, 5.41) is 0. The second-order valence-electron chi connectivity index (χ2n) is 4.05. The van der Waals surface area contributed by atoms with Crippen molar-refractivity contribution in [3.8, 4) is 11.5 Å². The van der Waals surface area contributed by atoms with Crippen LogP contribution in [0.4, 0.5) is 8.78 Å². The van der Waals surface area contributed by atoms with Crippen molar-refractivity contribution >= 4 is 34.3 Å². The number of carbonyl (C=O) groups excluding carboxylic acids is 1. The van der Waals surface area contributed by atoms with Gasteiger partial charge in [-0.15, -0.1) is 12.4 Å². The van der Waals surface area contributed by atoms with Gasteiger partial charge < -0.3 is 19.9 Å². The second kappa shape index (κ2) is 8.50. The number of hydrogen-bond acceptors (Lipinski definition) is 5. The summed E-state index contributed by atoms with van der Waals surface area (Å²) in [4.78, 5) is 11.3. The third-order valence-corrected chi connectivity index (χ3v) is 3.46. The molecule has 5 nitrogen and oxygen atoms in total. The molecule has 2 N–H and O–H groups in total. The number of nitrogens with two attached hydrogens (primary N) is 1. The molecule has 126 valence electrons. The predicted octanol–water partition coefficient (Wildman–Crippen LogP) is 3.09. The lowest BCUT2D eigenvalue weighted by Crippen LogP contribution is -2.41. The second-order valence-corrected chi connectivity index (χ2v) is 4.90. The SMILES string of the molecule is CCOC(=O)C(F)(F)[C@@H](N)c1cc(OC)c(OC)cc1Br.Cl. The third-order valence-electron chi connectivity index (χ3n) is 2.78. The Labute approximate surface area is 141 Å². The number of esters is 1. The quantitative estimate of drug-likeness (QED) is 0.738. The molecule has 0 bridgehead atoms. The van der Waals surface area contributed by atoms with Crippen LogP contribution < -0.4 is 15.2 Å². The lowest BCUT2D eigenvalue weighted by molar-refractivity contribution is -0.174. The minimum absolute atomic E-state index is 0. The van der Waals surface area contributed by atoms with Gasteiger partial charge in [0.05, 0.1) is 20.8 Å². The van der Waals surface area contributed by atoms with E-state index in [0.29, 0.717) is 5.75 Å². The zero-order chi connectivity index (χ0) is 16.2. The summed E-state index contributed by atoms with van der Waals surface area (Å²) >= 11 is 3.13. The summed E-state index contributed by atoms with van der Waals surface area (Å²) in [7, 11) is 2.78. The summed E-state index contributed by atoms with van der Waals surface area (Å²) in [6.45, 7) is 1.28. The number of rotatable bonds is 6. The summed E-state index contributed by atoms with van der Waals surface area (Å²) in [5.74, 6) is -4.96. The molecule has 0 heterocycles. The van der Waals surface area contributed by atoms with E-state index in [1.165, 1.54) is 33.3 Å². The van der Waals surface area contributed by atoms with Crippen molar-refractivity contribution in [2.45, 2.75) is 18.9 Å². The predicted molar refractivity (Wildman–Crippen MR) is 83.0 cm³/mol. The Kier molecular flexibility index (Phi) is 8.06. The number of benzene rings is 1. The summed E-state index contributed by atoms with van der Waals surface area (Å²) in [6.07, 6.45) is 0. The average Bonchev–Trinajstić information content (AvgIpc) is 2.46. The molecule has 1 aromatic rings. The number of carbonyl (C=O) groups is 1. The summed E-state index contributed by atoms with van der Waals surface area (Å²) in [5.41, 5.74) is 5.55. The first kappa shape index (κ1) is 20.9. The van der Waals surface area contributed by atoms with Crippen LogP contribution in [0.5, 0.6) is 11.5 Å². The van der Waals surface area contributed by atoms with Gasteiger partial charge in [0.1, 0.15) is 6.04 Å². The highest BCUT2D eigenvalue weighted by atomic mass is 79.9. The number of halogens is 4. The molecule has 0 spiro atoms. The van der Waals surface area contributed by atoms with Crippen LogP contribution in [-0.4, -0.2) is 32.7 Å². The van der Waals surface area contributed by atoms with Crippen molar-refractivity contribution < 1.29 is 27.8 Å². The molecule has 1 aromatic carbocycles. The molecule has 1 atom stereocenters. The highest BCUT2D eigenvalue weighted by Crippen LogP contribution is 2.40. The average molecular weight is 405 g/mol. The monoisotopic (exact) mass is 403 g/mol. The molecule has 0 aliphatic heterocycles. The van der Waals surface area contributed by atoms with Crippen molar-refractivity contribution in [1.29, 1.82) is 0 Å². The Bertz CT molecular complexity index is 531. The number of ether oxygens (including phenoxy) is 3. The normalized spacial score (nSPS) is 12.1. The lowest BCUT2D eigenvalue weighted by Gasteiger charge is -2.23. The Morgan fingerprint density at radius 3 is 2.27 bits per heavy atom. The molecule has 0 aliphatic rings.